The lowest BCUT2D eigenvalue weighted by molar-refractivity contribution is 0.590. The molecule has 0 aliphatic rings. The molecule has 2 aromatic carbocycles. The van der Waals surface area contributed by atoms with Gasteiger partial charge < -0.3 is 0 Å². The van der Waals surface area contributed by atoms with E-state index in [-0.39, 0.29) is 5.41 Å². The Labute approximate surface area is 115 Å². The molecule has 0 fully saturated rings. The summed E-state index contributed by atoms with van der Waals surface area (Å²) in [6.07, 6.45) is 0. The van der Waals surface area contributed by atoms with E-state index in [0.717, 1.165) is 11.4 Å². The predicted molar refractivity (Wildman–Crippen MR) is 80.5 cm³/mol. The van der Waals surface area contributed by atoms with E-state index >= 15 is 0 Å². The summed E-state index contributed by atoms with van der Waals surface area (Å²) in [6, 6.07) is 16.2. The van der Waals surface area contributed by atoms with E-state index in [4.69, 9.17) is 0 Å². The van der Waals surface area contributed by atoms with Crippen LogP contribution in [0.15, 0.2) is 58.8 Å². The average molecular weight is 252 g/mol. The Morgan fingerprint density at radius 3 is 2.16 bits per heavy atom. The first kappa shape index (κ1) is 13.5. The molecule has 0 spiro atoms. The maximum Gasteiger partial charge on any atom is 0.0896 e. The summed E-state index contributed by atoms with van der Waals surface area (Å²) < 4.78 is 0. The van der Waals surface area contributed by atoms with Crippen LogP contribution < -0.4 is 0 Å². The molecule has 0 atom stereocenters. The third-order valence-corrected chi connectivity index (χ3v) is 2.99. The number of nitrogens with zero attached hydrogens (tertiary/aromatic N) is 2. The highest BCUT2D eigenvalue weighted by atomic mass is 15.1. The highest BCUT2D eigenvalue weighted by molar-refractivity contribution is 5.51. The minimum absolute atomic E-state index is 0.0682. The molecular weight excluding hydrogens is 232 g/mol. The molecule has 0 heterocycles. The van der Waals surface area contributed by atoms with Crippen LogP contribution in [0, 0.1) is 6.92 Å². The van der Waals surface area contributed by atoms with Gasteiger partial charge in [-0.05, 0) is 41.7 Å². The molecule has 2 nitrogen and oxygen atoms in total. The summed E-state index contributed by atoms with van der Waals surface area (Å²) in [5.74, 6) is 0. The lowest BCUT2D eigenvalue weighted by Crippen LogP contribution is -2.11. The smallest absolute Gasteiger partial charge is 0.0896 e. The molecule has 2 rings (SSSR count). The van der Waals surface area contributed by atoms with Gasteiger partial charge in [0.2, 0.25) is 0 Å². The standard InChI is InChI=1S/C17H20N2/c1-13-10-11-15(17(2,3)4)16(12-13)19-18-14-8-6-5-7-9-14/h5-12H,1-4H3. The van der Waals surface area contributed by atoms with Gasteiger partial charge in [-0.25, -0.2) is 0 Å². The fraction of sp³-hybridized carbons (Fsp3) is 0.294. The molecule has 0 saturated heterocycles. The molecule has 0 saturated carbocycles. The van der Waals surface area contributed by atoms with Crippen molar-refractivity contribution in [2.75, 3.05) is 0 Å². The molecule has 0 amide bonds. The summed E-state index contributed by atoms with van der Waals surface area (Å²) >= 11 is 0. The van der Waals surface area contributed by atoms with Gasteiger partial charge in [0, 0.05) is 0 Å². The molecular formula is C17H20N2. The van der Waals surface area contributed by atoms with E-state index in [9.17, 15) is 0 Å². The topological polar surface area (TPSA) is 24.7 Å². The van der Waals surface area contributed by atoms with Crippen LogP contribution >= 0.6 is 0 Å². The largest absolute Gasteiger partial charge is 0.151 e. The molecule has 19 heavy (non-hydrogen) atoms. The van der Waals surface area contributed by atoms with Crippen molar-refractivity contribution in [3.8, 4) is 0 Å². The zero-order valence-corrected chi connectivity index (χ0v) is 12.0. The minimum Gasteiger partial charge on any atom is -0.151 e. The van der Waals surface area contributed by atoms with Crippen molar-refractivity contribution in [2.24, 2.45) is 10.2 Å². The zero-order chi connectivity index (χ0) is 13.9. The third kappa shape index (κ3) is 3.50. The molecule has 2 aromatic rings. The van der Waals surface area contributed by atoms with E-state index in [1.165, 1.54) is 11.1 Å². The summed E-state index contributed by atoms with van der Waals surface area (Å²) in [5.41, 5.74) is 4.33. The lowest BCUT2D eigenvalue weighted by atomic mass is 9.85. The number of benzene rings is 2. The van der Waals surface area contributed by atoms with Crippen LogP contribution in [0.25, 0.3) is 0 Å². The molecule has 0 aliphatic heterocycles. The van der Waals surface area contributed by atoms with Gasteiger partial charge in [0.05, 0.1) is 11.4 Å². The highest BCUT2D eigenvalue weighted by Gasteiger charge is 2.17. The lowest BCUT2D eigenvalue weighted by Gasteiger charge is -2.20. The summed E-state index contributed by atoms with van der Waals surface area (Å²) in [7, 11) is 0. The van der Waals surface area contributed by atoms with E-state index < -0.39 is 0 Å². The fourth-order valence-electron chi connectivity index (χ4n) is 1.96. The molecule has 0 unspecified atom stereocenters. The van der Waals surface area contributed by atoms with Crippen molar-refractivity contribution in [3.05, 3.63) is 59.7 Å². The van der Waals surface area contributed by atoms with Crippen LogP contribution in [-0.4, -0.2) is 0 Å². The van der Waals surface area contributed by atoms with Crippen molar-refractivity contribution in [1.29, 1.82) is 0 Å². The Balaban J connectivity index is 2.39. The maximum absolute atomic E-state index is 4.43. The van der Waals surface area contributed by atoms with Gasteiger partial charge in [0.15, 0.2) is 0 Å². The zero-order valence-electron chi connectivity index (χ0n) is 12.0. The molecule has 0 bridgehead atoms. The summed E-state index contributed by atoms with van der Waals surface area (Å²) in [6.45, 7) is 8.66. The van der Waals surface area contributed by atoms with Crippen LogP contribution in [0.1, 0.15) is 31.9 Å². The van der Waals surface area contributed by atoms with Gasteiger partial charge in [-0.15, -0.1) is 0 Å². The monoisotopic (exact) mass is 252 g/mol. The number of rotatable bonds is 2. The molecule has 0 radical (unpaired) electrons. The Morgan fingerprint density at radius 1 is 0.842 bits per heavy atom. The van der Waals surface area contributed by atoms with E-state index in [1.807, 2.05) is 30.3 Å². The number of azo groups is 1. The normalized spacial score (nSPS) is 12.0. The minimum atomic E-state index is 0.0682. The van der Waals surface area contributed by atoms with Crippen molar-refractivity contribution in [3.63, 3.8) is 0 Å². The number of hydrogen-bond acceptors (Lipinski definition) is 2. The second kappa shape index (κ2) is 5.35. The van der Waals surface area contributed by atoms with Crippen molar-refractivity contribution < 1.29 is 0 Å². The summed E-state index contributed by atoms with van der Waals surface area (Å²) in [5, 5.41) is 8.75. The first-order valence-corrected chi connectivity index (χ1v) is 6.55. The van der Waals surface area contributed by atoms with E-state index in [0.29, 0.717) is 0 Å². The number of aryl methyl sites for hydroxylation is 1. The second-order valence-corrected chi connectivity index (χ2v) is 5.81. The Hall–Kier alpha value is -1.96. The first-order valence-electron chi connectivity index (χ1n) is 6.55. The van der Waals surface area contributed by atoms with E-state index in [2.05, 4.69) is 56.1 Å². The van der Waals surface area contributed by atoms with Crippen molar-refractivity contribution in [2.45, 2.75) is 33.1 Å². The van der Waals surface area contributed by atoms with Crippen molar-refractivity contribution in [1.82, 2.24) is 0 Å². The van der Waals surface area contributed by atoms with Gasteiger partial charge in [-0.3, -0.25) is 0 Å². The van der Waals surface area contributed by atoms with Gasteiger partial charge in [-0.2, -0.15) is 10.2 Å². The van der Waals surface area contributed by atoms with Crippen LogP contribution in [0.5, 0.6) is 0 Å². The Kier molecular flexibility index (Phi) is 3.79. The Bertz CT molecular complexity index is 578. The second-order valence-electron chi connectivity index (χ2n) is 5.81. The van der Waals surface area contributed by atoms with Crippen LogP contribution in [0.4, 0.5) is 11.4 Å². The van der Waals surface area contributed by atoms with Crippen molar-refractivity contribution >= 4 is 11.4 Å². The van der Waals surface area contributed by atoms with Crippen LogP contribution in [0.3, 0.4) is 0 Å². The molecule has 0 aliphatic carbocycles. The quantitative estimate of drug-likeness (QED) is 0.612. The fourth-order valence-corrected chi connectivity index (χ4v) is 1.96. The predicted octanol–water partition coefficient (Wildman–Crippen LogP) is 5.71. The van der Waals surface area contributed by atoms with Gasteiger partial charge in [0.1, 0.15) is 0 Å². The number of hydrogen-bond donors (Lipinski definition) is 0. The van der Waals surface area contributed by atoms with Crippen LogP contribution in [-0.2, 0) is 5.41 Å². The first-order chi connectivity index (χ1) is 8.97. The van der Waals surface area contributed by atoms with Gasteiger partial charge >= 0.3 is 0 Å². The maximum atomic E-state index is 4.43. The van der Waals surface area contributed by atoms with Gasteiger partial charge in [0.25, 0.3) is 0 Å². The summed E-state index contributed by atoms with van der Waals surface area (Å²) in [4.78, 5) is 0. The van der Waals surface area contributed by atoms with Gasteiger partial charge in [-0.1, -0.05) is 51.1 Å². The van der Waals surface area contributed by atoms with E-state index in [1.54, 1.807) is 0 Å². The average Bonchev–Trinajstić information content (AvgIpc) is 2.36. The molecule has 98 valence electrons. The molecule has 0 aromatic heterocycles. The molecule has 2 heteroatoms. The highest BCUT2D eigenvalue weighted by Crippen LogP contribution is 2.33. The van der Waals surface area contributed by atoms with Crippen LogP contribution in [0.2, 0.25) is 0 Å². The SMILES string of the molecule is Cc1ccc(C(C)(C)C)c(N=Nc2ccccc2)c1. The molecule has 0 N–H and O–H groups in total. The third-order valence-electron chi connectivity index (χ3n) is 2.99. The Morgan fingerprint density at radius 2 is 1.53 bits per heavy atom.